The molecule has 3 aromatic carbocycles. The topological polar surface area (TPSA) is 84.2 Å². The second-order valence-corrected chi connectivity index (χ2v) is 7.95. The Morgan fingerprint density at radius 3 is 2.65 bits per heavy atom. The van der Waals surface area contributed by atoms with Crippen molar-refractivity contribution in [3.63, 3.8) is 0 Å². The minimum Gasteiger partial charge on any atom is -0.441 e. The number of carbonyl (C=O) groups is 2. The summed E-state index contributed by atoms with van der Waals surface area (Å²) in [5.41, 5.74) is 2.33. The highest BCUT2D eigenvalue weighted by Crippen LogP contribution is 2.28. The Morgan fingerprint density at radius 1 is 1.00 bits per heavy atom. The van der Waals surface area contributed by atoms with E-state index < -0.39 is 11.7 Å². The van der Waals surface area contributed by atoms with Gasteiger partial charge in [0.25, 0.3) is 5.91 Å². The van der Waals surface area contributed by atoms with Gasteiger partial charge in [-0.15, -0.1) is 0 Å². The zero-order valence-electron chi connectivity index (χ0n) is 18.1. The third-order valence-corrected chi connectivity index (χ3v) is 5.35. The van der Waals surface area contributed by atoms with Gasteiger partial charge >= 0.3 is 0 Å². The van der Waals surface area contributed by atoms with E-state index in [0.29, 0.717) is 35.3 Å². The minimum atomic E-state index is -0.478. The average Bonchev–Trinajstić information content (AvgIpc) is 3.31. The second kappa shape index (κ2) is 10.8. The van der Waals surface area contributed by atoms with E-state index in [1.54, 1.807) is 30.5 Å². The lowest BCUT2D eigenvalue weighted by Crippen LogP contribution is -2.23. The Balaban J connectivity index is 1.27. The number of nitrogens with zero attached hydrogens (tertiary/aromatic N) is 1. The number of aromatic nitrogens is 1. The fourth-order valence-corrected chi connectivity index (χ4v) is 3.54. The SMILES string of the molecule is O=C(CCc1ncc(-c2ccccc2Cl)o1)NCc1cccc(NC(=O)c2cccc(F)c2)c1. The Morgan fingerprint density at radius 2 is 1.82 bits per heavy atom. The molecule has 4 aromatic rings. The van der Waals surface area contributed by atoms with Crippen molar-refractivity contribution in [3.05, 3.63) is 107 Å². The lowest BCUT2D eigenvalue weighted by Gasteiger charge is -2.09. The van der Waals surface area contributed by atoms with E-state index in [1.807, 2.05) is 24.3 Å². The third kappa shape index (κ3) is 6.08. The molecule has 0 aliphatic rings. The summed E-state index contributed by atoms with van der Waals surface area (Å²) < 4.78 is 19.1. The normalized spacial score (nSPS) is 10.6. The summed E-state index contributed by atoms with van der Waals surface area (Å²) in [6, 6.07) is 19.9. The van der Waals surface area contributed by atoms with Gasteiger partial charge in [0.2, 0.25) is 5.91 Å². The summed E-state index contributed by atoms with van der Waals surface area (Å²) in [5.74, 6) is -0.0475. The Hall–Kier alpha value is -3.97. The van der Waals surface area contributed by atoms with Crippen molar-refractivity contribution in [2.45, 2.75) is 19.4 Å². The molecule has 0 unspecified atom stereocenters. The van der Waals surface area contributed by atoms with Gasteiger partial charge in [-0.05, 0) is 48.0 Å². The van der Waals surface area contributed by atoms with Gasteiger partial charge in [0.1, 0.15) is 5.82 Å². The van der Waals surface area contributed by atoms with Gasteiger partial charge in [0.15, 0.2) is 11.7 Å². The molecule has 1 aromatic heterocycles. The van der Waals surface area contributed by atoms with Crippen LogP contribution in [0.5, 0.6) is 0 Å². The molecule has 0 fully saturated rings. The van der Waals surface area contributed by atoms with Crippen molar-refractivity contribution < 1.29 is 18.4 Å². The van der Waals surface area contributed by atoms with E-state index in [2.05, 4.69) is 15.6 Å². The molecule has 0 spiro atoms. The number of aryl methyl sites for hydroxylation is 1. The molecule has 2 N–H and O–H groups in total. The van der Waals surface area contributed by atoms with Crippen molar-refractivity contribution in [1.82, 2.24) is 10.3 Å². The minimum absolute atomic E-state index is 0.160. The maximum absolute atomic E-state index is 13.3. The molecular formula is C26H21ClFN3O3. The van der Waals surface area contributed by atoms with Crippen molar-refractivity contribution in [2.75, 3.05) is 5.32 Å². The molecule has 0 radical (unpaired) electrons. The van der Waals surface area contributed by atoms with E-state index in [1.165, 1.54) is 24.3 Å². The highest BCUT2D eigenvalue weighted by Gasteiger charge is 2.12. The van der Waals surface area contributed by atoms with Gasteiger partial charge in [-0.25, -0.2) is 9.37 Å². The predicted molar refractivity (Wildman–Crippen MR) is 128 cm³/mol. The third-order valence-electron chi connectivity index (χ3n) is 5.02. The van der Waals surface area contributed by atoms with Crippen molar-refractivity contribution >= 4 is 29.1 Å². The van der Waals surface area contributed by atoms with Gasteiger partial charge < -0.3 is 15.1 Å². The summed E-state index contributed by atoms with van der Waals surface area (Å²) in [7, 11) is 0. The fraction of sp³-hybridized carbons (Fsp3) is 0.115. The van der Waals surface area contributed by atoms with Crippen LogP contribution in [0.15, 0.2) is 83.4 Å². The zero-order valence-corrected chi connectivity index (χ0v) is 18.8. The van der Waals surface area contributed by atoms with Crippen LogP contribution in [0, 0.1) is 5.82 Å². The maximum Gasteiger partial charge on any atom is 0.255 e. The average molecular weight is 478 g/mol. The van der Waals surface area contributed by atoms with Gasteiger partial charge in [0, 0.05) is 36.2 Å². The van der Waals surface area contributed by atoms with Crippen LogP contribution in [-0.2, 0) is 17.8 Å². The molecule has 0 aliphatic carbocycles. The summed E-state index contributed by atoms with van der Waals surface area (Å²) in [5, 5.41) is 6.14. The Labute approximate surface area is 200 Å². The molecule has 0 saturated carbocycles. The first-order valence-electron chi connectivity index (χ1n) is 10.6. The van der Waals surface area contributed by atoms with Crippen LogP contribution < -0.4 is 10.6 Å². The quantitative estimate of drug-likeness (QED) is 0.344. The molecule has 8 heteroatoms. The number of rotatable bonds is 8. The summed E-state index contributed by atoms with van der Waals surface area (Å²) in [6.07, 6.45) is 2.15. The number of hydrogen-bond acceptors (Lipinski definition) is 4. The number of carbonyl (C=O) groups excluding carboxylic acids is 2. The first-order chi connectivity index (χ1) is 16.5. The maximum atomic E-state index is 13.3. The zero-order chi connectivity index (χ0) is 23.9. The van der Waals surface area contributed by atoms with E-state index in [-0.39, 0.29) is 17.9 Å². The van der Waals surface area contributed by atoms with Gasteiger partial charge in [-0.2, -0.15) is 0 Å². The van der Waals surface area contributed by atoms with Crippen LogP contribution in [0.2, 0.25) is 5.02 Å². The van der Waals surface area contributed by atoms with Crippen molar-refractivity contribution in [3.8, 4) is 11.3 Å². The lowest BCUT2D eigenvalue weighted by molar-refractivity contribution is -0.121. The number of hydrogen-bond donors (Lipinski definition) is 2. The standard InChI is InChI=1S/C26H21ClFN3O3/c27-22-10-2-1-9-21(22)23-16-30-25(34-23)12-11-24(32)29-15-17-5-3-8-20(13-17)31-26(33)18-6-4-7-19(28)14-18/h1-10,13-14,16H,11-12,15H2,(H,29,32)(H,31,33). The van der Waals surface area contributed by atoms with Crippen LogP contribution >= 0.6 is 11.6 Å². The molecule has 172 valence electrons. The second-order valence-electron chi connectivity index (χ2n) is 7.54. The molecule has 0 aliphatic heterocycles. The Kier molecular flexibility index (Phi) is 7.34. The number of anilines is 1. The number of nitrogens with one attached hydrogen (secondary N) is 2. The van der Waals surface area contributed by atoms with Crippen molar-refractivity contribution in [1.29, 1.82) is 0 Å². The van der Waals surface area contributed by atoms with Crippen molar-refractivity contribution in [2.24, 2.45) is 0 Å². The van der Waals surface area contributed by atoms with Crippen LogP contribution in [0.4, 0.5) is 10.1 Å². The summed E-state index contributed by atoms with van der Waals surface area (Å²) in [4.78, 5) is 28.8. The smallest absolute Gasteiger partial charge is 0.255 e. The van der Waals surface area contributed by atoms with E-state index >= 15 is 0 Å². The van der Waals surface area contributed by atoms with Crippen LogP contribution in [0.3, 0.4) is 0 Å². The first-order valence-corrected chi connectivity index (χ1v) is 11.0. The molecule has 4 rings (SSSR count). The highest BCUT2D eigenvalue weighted by atomic mass is 35.5. The van der Waals surface area contributed by atoms with E-state index in [4.69, 9.17) is 16.0 Å². The fourth-order valence-electron chi connectivity index (χ4n) is 3.31. The molecule has 0 bridgehead atoms. The monoisotopic (exact) mass is 477 g/mol. The Bertz CT molecular complexity index is 1320. The molecule has 1 heterocycles. The van der Waals surface area contributed by atoms with E-state index in [9.17, 15) is 14.0 Å². The number of oxazole rings is 1. The molecule has 0 atom stereocenters. The number of halogens is 2. The first kappa shape index (κ1) is 23.2. The highest BCUT2D eigenvalue weighted by molar-refractivity contribution is 6.33. The largest absolute Gasteiger partial charge is 0.441 e. The number of amides is 2. The lowest BCUT2D eigenvalue weighted by atomic mass is 10.1. The summed E-state index contributed by atoms with van der Waals surface area (Å²) in [6.45, 7) is 0.291. The van der Waals surface area contributed by atoms with Gasteiger partial charge in [-0.1, -0.05) is 41.9 Å². The molecule has 2 amide bonds. The predicted octanol–water partition coefficient (Wildman–Crippen LogP) is 5.64. The van der Waals surface area contributed by atoms with Crippen LogP contribution in [0.25, 0.3) is 11.3 Å². The van der Waals surface area contributed by atoms with Crippen LogP contribution in [-0.4, -0.2) is 16.8 Å². The molecule has 6 nitrogen and oxygen atoms in total. The molecule has 34 heavy (non-hydrogen) atoms. The van der Waals surface area contributed by atoms with Gasteiger partial charge in [0.05, 0.1) is 11.2 Å². The van der Waals surface area contributed by atoms with E-state index in [0.717, 1.165) is 11.1 Å². The summed E-state index contributed by atoms with van der Waals surface area (Å²) >= 11 is 6.18. The van der Waals surface area contributed by atoms with Gasteiger partial charge in [-0.3, -0.25) is 9.59 Å². The molecular weight excluding hydrogens is 457 g/mol. The number of benzene rings is 3. The molecule has 0 saturated heterocycles. The van der Waals surface area contributed by atoms with Crippen LogP contribution in [0.1, 0.15) is 28.2 Å².